The fourth-order valence-corrected chi connectivity index (χ4v) is 3.60. The summed E-state index contributed by atoms with van der Waals surface area (Å²) in [6.45, 7) is 3.80. The minimum absolute atomic E-state index is 0. The third kappa shape index (κ3) is 9.15. The minimum Gasteiger partial charge on any atom is -0.357 e. The van der Waals surface area contributed by atoms with Crippen LogP contribution in [0.1, 0.15) is 17.6 Å². The number of thioether (sulfide) groups is 1. The minimum atomic E-state index is -4.38. The van der Waals surface area contributed by atoms with Gasteiger partial charge in [0, 0.05) is 42.1 Å². The zero-order chi connectivity index (χ0) is 18.8. The lowest BCUT2D eigenvalue weighted by Gasteiger charge is -2.11. The number of halogens is 4. The molecule has 0 saturated heterocycles. The summed E-state index contributed by atoms with van der Waals surface area (Å²) in [7, 11) is 0. The molecule has 0 fully saturated rings. The Morgan fingerprint density at radius 1 is 1.22 bits per heavy atom. The average Bonchev–Trinajstić information content (AvgIpc) is 3.09. The first-order valence-corrected chi connectivity index (χ1v) is 10.1. The van der Waals surface area contributed by atoms with E-state index in [1.165, 1.54) is 4.90 Å². The highest BCUT2D eigenvalue weighted by molar-refractivity contribution is 14.0. The number of benzene rings is 1. The summed E-state index contributed by atoms with van der Waals surface area (Å²) in [5.74, 6) is 1.55. The molecule has 0 aliphatic rings. The number of nitrogens with one attached hydrogen (secondary N) is 2. The van der Waals surface area contributed by atoms with Crippen molar-refractivity contribution in [1.82, 2.24) is 15.6 Å². The van der Waals surface area contributed by atoms with E-state index in [1.54, 1.807) is 11.8 Å². The molecule has 0 unspecified atom stereocenters. The number of thiazole rings is 1. The van der Waals surface area contributed by atoms with Gasteiger partial charge in [-0.15, -0.1) is 47.1 Å². The third-order valence-electron chi connectivity index (χ3n) is 3.19. The van der Waals surface area contributed by atoms with Crippen molar-refractivity contribution in [3.8, 4) is 0 Å². The highest BCUT2D eigenvalue weighted by Gasteiger charge is 2.33. The smallest absolute Gasteiger partial charge is 0.357 e. The molecule has 10 heteroatoms. The molecule has 0 aliphatic heterocycles. The molecule has 1 heterocycles. The summed E-state index contributed by atoms with van der Waals surface area (Å²) in [5, 5.41) is 7.84. The van der Waals surface area contributed by atoms with Crippen molar-refractivity contribution in [2.45, 2.75) is 24.4 Å². The van der Waals surface area contributed by atoms with Crippen molar-refractivity contribution in [3.05, 3.63) is 46.4 Å². The number of alkyl halides is 3. The predicted molar refractivity (Wildman–Crippen MR) is 117 cm³/mol. The van der Waals surface area contributed by atoms with Crippen molar-refractivity contribution < 1.29 is 13.2 Å². The van der Waals surface area contributed by atoms with Crippen LogP contribution in [-0.2, 0) is 12.6 Å². The molecule has 0 bridgehead atoms. The van der Waals surface area contributed by atoms with E-state index >= 15 is 0 Å². The van der Waals surface area contributed by atoms with Crippen molar-refractivity contribution in [1.29, 1.82) is 0 Å². The molecular weight excluding hydrogens is 508 g/mol. The van der Waals surface area contributed by atoms with E-state index in [2.05, 4.69) is 32.7 Å². The molecule has 0 spiro atoms. The highest BCUT2D eigenvalue weighted by atomic mass is 127. The molecule has 2 rings (SSSR count). The van der Waals surface area contributed by atoms with Gasteiger partial charge in [0.15, 0.2) is 11.7 Å². The molecule has 1 aromatic heterocycles. The van der Waals surface area contributed by atoms with Crippen LogP contribution in [0.25, 0.3) is 0 Å². The van der Waals surface area contributed by atoms with Crippen molar-refractivity contribution >= 4 is 53.0 Å². The van der Waals surface area contributed by atoms with Gasteiger partial charge in [-0.05, 0) is 19.1 Å². The molecule has 27 heavy (non-hydrogen) atoms. The molecule has 0 atom stereocenters. The largest absolute Gasteiger partial charge is 0.434 e. The quantitative estimate of drug-likeness (QED) is 0.171. The van der Waals surface area contributed by atoms with Crippen LogP contribution in [0.4, 0.5) is 13.2 Å². The number of hydrogen-bond donors (Lipinski definition) is 2. The first-order valence-electron chi connectivity index (χ1n) is 8.20. The summed E-state index contributed by atoms with van der Waals surface area (Å²) in [5.41, 5.74) is -0.829. The maximum absolute atomic E-state index is 12.5. The summed E-state index contributed by atoms with van der Waals surface area (Å²) in [6.07, 6.45) is -4.00. The summed E-state index contributed by atoms with van der Waals surface area (Å²) in [4.78, 5) is 9.22. The lowest BCUT2D eigenvalue weighted by Crippen LogP contribution is -2.38. The van der Waals surface area contributed by atoms with Crippen LogP contribution < -0.4 is 10.6 Å². The van der Waals surface area contributed by atoms with Crippen molar-refractivity contribution in [3.63, 3.8) is 0 Å². The van der Waals surface area contributed by atoms with Gasteiger partial charge in [0.1, 0.15) is 0 Å². The van der Waals surface area contributed by atoms with Crippen molar-refractivity contribution in [2.75, 3.05) is 25.4 Å². The van der Waals surface area contributed by atoms with Gasteiger partial charge in [0.25, 0.3) is 0 Å². The molecule has 1 aromatic carbocycles. The van der Waals surface area contributed by atoms with Gasteiger partial charge in [-0.2, -0.15) is 13.2 Å². The molecule has 2 aromatic rings. The molecule has 150 valence electrons. The highest BCUT2D eigenvalue weighted by Crippen LogP contribution is 2.30. The zero-order valence-electron chi connectivity index (χ0n) is 14.8. The fourth-order valence-electron chi connectivity index (χ4n) is 2.02. The van der Waals surface area contributed by atoms with Gasteiger partial charge < -0.3 is 10.6 Å². The van der Waals surface area contributed by atoms with Gasteiger partial charge in [-0.1, -0.05) is 18.2 Å². The van der Waals surface area contributed by atoms with Gasteiger partial charge >= 0.3 is 6.18 Å². The molecule has 2 N–H and O–H groups in total. The van der Waals surface area contributed by atoms with E-state index in [0.29, 0.717) is 30.5 Å². The van der Waals surface area contributed by atoms with E-state index in [-0.39, 0.29) is 24.0 Å². The van der Waals surface area contributed by atoms with Gasteiger partial charge in [-0.25, -0.2) is 4.98 Å². The van der Waals surface area contributed by atoms with Crippen LogP contribution in [0.3, 0.4) is 0 Å². The van der Waals surface area contributed by atoms with Crippen LogP contribution in [0.15, 0.2) is 45.6 Å². The second-order valence-corrected chi connectivity index (χ2v) is 7.33. The monoisotopic (exact) mass is 530 g/mol. The second kappa shape index (κ2) is 12.4. The fraction of sp³-hybridized carbons (Fsp3) is 0.412. The van der Waals surface area contributed by atoms with E-state index in [4.69, 9.17) is 0 Å². The van der Waals surface area contributed by atoms with Crippen LogP contribution in [0.5, 0.6) is 0 Å². The molecule has 0 radical (unpaired) electrons. The number of aromatic nitrogens is 1. The Morgan fingerprint density at radius 3 is 2.59 bits per heavy atom. The van der Waals surface area contributed by atoms with Crippen LogP contribution in [0, 0.1) is 0 Å². The molecular formula is C17H22F3IN4S2. The number of nitrogens with zero attached hydrogens (tertiary/aromatic N) is 2. The summed E-state index contributed by atoms with van der Waals surface area (Å²) < 4.78 is 37.6. The Bertz CT molecular complexity index is 693. The van der Waals surface area contributed by atoms with Crippen molar-refractivity contribution in [2.24, 2.45) is 4.99 Å². The Morgan fingerprint density at radius 2 is 1.96 bits per heavy atom. The normalized spacial score (nSPS) is 11.8. The topological polar surface area (TPSA) is 49.3 Å². The predicted octanol–water partition coefficient (Wildman–Crippen LogP) is 4.67. The number of rotatable bonds is 8. The first-order chi connectivity index (χ1) is 12.5. The van der Waals surface area contributed by atoms with E-state index < -0.39 is 11.9 Å². The zero-order valence-corrected chi connectivity index (χ0v) is 18.7. The lowest BCUT2D eigenvalue weighted by atomic mass is 10.4. The van der Waals surface area contributed by atoms with Crippen LogP contribution >= 0.6 is 47.1 Å². The second-order valence-electron chi connectivity index (χ2n) is 5.22. The van der Waals surface area contributed by atoms with E-state index in [1.807, 2.05) is 25.1 Å². The molecule has 4 nitrogen and oxygen atoms in total. The maximum Gasteiger partial charge on any atom is 0.434 e. The van der Waals surface area contributed by atoms with Crippen LogP contribution in [0.2, 0.25) is 0 Å². The number of hydrogen-bond acceptors (Lipinski definition) is 4. The summed E-state index contributed by atoms with van der Waals surface area (Å²) in [6, 6.07) is 10.1. The SMILES string of the molecule is CCNC(=NCCc1nc(C(F)(F)F)cs1)NCCSc1ccccc1.I. The van der Waals surface area contributed by atoms with Gasteiger partial charge in [-0.3, -0.25) is 4.99 Å². The molecule has 0 aliphatic carbocycles. The molecule has 0 saturated carbocycles. The Kier molecular flexibility index (Phi) is 11.1. The Balaban J connectivity index is 0.00000364. The molecule has 0 amide bonds. The number of guanidine groups is 1. The van der Waals surface area contributed by atoms with Crippen LogP contribution in [-0.4, -0.2) is 36.3 Å². The van der Waals surface area contributed by atoms with Gasteiger partial charge in [0.2, 0.25) is 0 Å². The first kappa shape index (κ1) is 24.0. The van der Waals surface area contributed by atoms with E-state index in [9.17, 15) is 13.2 Å². The average molecular weight is 530 g/mol. The van der Waals surface area contributed by atoms with Gasteiger partial charge in [0.05, 0.1) is 5.01 Å². The summed E-state index contributed by atoms with van der Waals surface area (Å²) >= 11 is 2.76. The number of aliphatic imine (C=N–C) groups is 1. The third-order valence-corrected chi connectivity index (χ3v) is 5.11. The Labute approximate surface area is 182 Å². The standard InChI is InChI=1S/C17H21F3N4S2.HI/c1-2-21-16(23-10-11-25-13-6-4-3-5-7-13)22-9-8-15-24-14(12-26-15)17(18,19)20;/h3-7,12H,2,8-11H2,1H3,(H2,21,22,23);1H. The van der Waals surface area contributed by atoms with E-state index in [0.717, 1.165) is 29.0 Å². The maximum atomic E-state index is 12.5. The Hall–Kier alpha value is -1.01. The lowest BCUT2D eigenvalue weighted by molar-refractivity contribution is -0.140.